The summed E-state index contributed by atoms with van der Waals surface area (Å²) in [7, 11) is 0. The van der Waals surface area contributed by atoms with Crippen LogP contribution in [0.1, 0.15) is 64.2 Å². The van der Waals surface area contributed by atoms with E-state index >= 15 is 0 Å². The van der Waals surface area contributed by atoms with Crippen molar-refractivity contribution in [2.24, 2.45) is 5.92 Å². The summed E-state index contributed by atoms with van der Waals surface area (Å²) in [6, 6.07) is 1.29. The van der Waals surface area contributed by atoms with Crippen LogP contribution >= 0.6 is 0 Å². The molecule has 2 unspecified atom stereocenters. The van der Waals surface area contributed by atoms with E-state index in [9.17, 15) is 9.90 Å². The van der Waals surface area contributed by atoms with Gasteiger partial charge in [0.25, 0.3) is 0 Å². The van der Waals surface area contributed by atoms with Crippen LogP contribution in [0.5, 0.6) is 0 Å². The van der Waals surface area contributed by atoms with Gasteiger partial charge in [0.05, 0.1) is 12.1 Å². The number of aliphatic hydroxyl groups is 1. The SMILES string of the molecule is O=C(CC1CC2CCC(C1)N2)NC1(CO)CCCCC1. The first-order chi connectivity index (χ1) is 9.69. The Kier molecular flexibility index (Phi) is 4.32. The van der Waals surface area contributed by atoms with Crippen LogP contribution in [0.15, 0.2) is 0 Å². The second kappa shape index (κ2) is 6.02. The van der Waals surface area contributed by atoms with E-state index in [2.05, 4.69) is 10.6 Å². The molecule has 3 aliphatic rings. The minimum absolute atomic E-state index is 0.0935. The number of hydrogen-bond acceptors (Lipinski definition) is 3. The molecule has 2 saturated heterocycles. The Morgan fingerprint density at radius 3 is 2.40 bits per heavy atom. The minimum Gasteiger partial charge on any atom is -0.394 e. The number of aliphatic hydroxyl groups excluding tert-OH is 1. The Morgan fingerprint density at radius 2 is 1.80 bits per heavy atom. The third kappa shape index (κ3) is 3.17. The molecule has 0 radical (unpaired) electrons. The zero-order chi connectivity index (χ0) is 14.0. The van der Waals surface area contributed by atoms with Gasteiger partial charge < -0.3 is 15.7 Å². The maximum absolute atomic E-state index is 12.3. The number of carbonyl (C=O) groups excluding carboxylic acids is 1. The van der Waals surface area contributed by atoms with E-state index in [1.54, 1.807) is 0 Å². The van der Waals surface area contributed by atoms with Crippen LogP contribution in [-0.2, 0) is 4.79 Å². The molecule has 0 aromatic heterocycles. The maximum atomic E-state index is 12.3. The molecule has 20 heavy (non-hydrogen) atoms. The molecule has 0 aromatic rings. The first kappa shape index (κ1) is 14.3. The van der Waals surface area contributed by atoms with E-state index in [1.807, 2.05) is 0 Å². The summed E-state index contributed by atoms with van der Waals surface area (Å²) in [6.07, 6.45) is 10.9. The van der Waals surface area contributed by atoms with Crippen LogP contribution in [0, 0.1) is 5.92 Å². The van der Waals surface area contributed by atoms with Gasteiger partial charge in [0.2, 0.25) is 5.91 Å². The van der Waals surface area contributed by atoms with Gasteiger partial charge in [-0.25, -0.2) is 0 Å². The van der Waals surface area contributed by atoms with E-state index in [0.29, 0.717) is 24.4 Å². The average molecular weight is 280 g/mol. The molecule has 3 N–H and O–H groups in total. The van der Waals surface area contributed by atoms with Crippen LogP contribution < -0.4 is 10.6 Å². The molecule has 2 atom stereocenters. The second-order valence-corrected chi connectivity index (χ2v) is 7.23. The molecule has 0 aromatic carbocycles. The number of hydrogen-bond donors (Lipinski definition) is 3. The lowest BCUT2D eigenvalue weighted by atomic mass is 9.81. The van der Waals surface area contributed by atoms with E-state index in [4.69, 9.17) is 0 Å². The molecule has 1 aliphatic carbocycles. The fraction of sp³-hybridized carbons (Fsp3) is 0.938. The van der Waals surface area contributed by atoms with Crippen molar-refractivity contribution in [2.75, 3.05) is 6.61 Å². The number of amides is 1. The lowest BCUT2D eigenvalue weighted by Crippen LogP contribution is -2.53. The third-order valence-electron chi connectivity index (χ3n) is 5.56. The van der Waals surface area contributed by atoms with Gasteiger partial charge in [-0.05, 0) is 44.4 Å². The Balaban J connectivity index is 1.51. The zero-order valence-corrected chi connectivity index (χ0v) is 12.4. The van der Waals surface area contributed by atoms with Crippen LogP contribution in [0.2, 0.25) is 0 Å². The topological polar surface area (TPSA) is 61.4 Å². The zero-order valence-electron chi connectivity index (χ0n) is 12.4. The molecule has 0 spiro atoms. The van der Waals surface area contributed by atoms with Gasteiger partial charge in [-0.2, -0.15) is 0 Å². The third-order valence-corrected chi connectivity index (χ3v) is 5.56. The van der Waals surface area contributed by atoms with Gasteiger partial charge in [0.1, 0.15) is 0 Å². The number of carbonyl (C=O) groups is 1. The molecular formula is C16H28N2O2. The monoisotopic (exact) mass is 280 g/mol. The first-order valence-electron chi connectivity index (χ1n) is 8.37. The molecule has 3 fully saturated rings. The maximum Gasteiger partial charge on any atom is 0.220 e. The van der Waals surface area contributed by atoms with Crippen LogP contribution in [0.25, 0.3) is 0 Å². The predicted molar refractivity (Wildman–Crippen MR) is 78.3 cm³/mol. The van der Waals surface area contributed by atoms with Crippen molar-refractivity contribution in [1.82, 2.24) is 10.6 Å². The number of fused-ring (bicyclic) bond motifs is 2. The highest BCUT2D eigenvalue weighted by atomic mass is 16.3. The molecule has 2 heterocycles. The lowest BCUT2D eigenvalue weighted by molar-refractivity contribution is -0.125. The molecular weight excluding hydrogens is 252 g/mol. The molecule has 114 valence electrons. The summed E-state index contributed by atoms with van der Waals surface area (Å²) in [5.74, 6) is 0.695. The van der Waals surface area contributed by atoms with Crippen LogP contribution in [0.4, 0.5) is 0 Å². The van der Waals surface area contributed by atoms with Gasteiger partial charge in [-0.15, -0.1) is 0 Å². The summed E-state index contributed by atoms with van der Waals surface area (Å²) >= 11 is 0. The molecule has 2 bridgehead atoms. The number of piperidine rings is 1. The highest BCUT2D eigenvalue weighted by molar-refractivity contribution is 5.77. The molecule has 2 aliphatic heterocycles. The summed E-state index contributed by atoms with van der Waals surface area (Å²) in [5.41, 5.74) is -0.318. The quantitative estimate of drug-likeness (QED) is 0.735. The number of rotatable bonds is 4. The van der Waals surface area contributed by atoms with Crippen molar-refractivity contribution in [2.45, 2.75) is 81.8 Å². The Morgan fingerprint density at radius 1 is 1.15 bits per heavy atom. The Labute approximate surface area is 121 Å². The van der Waals surface area contributed by atoms with Crippen LogP contribution in [-0.4, -0.2) is 35.2 Å². The molecule has 4 heteroatoms. The summed E-state index contributed by atoms with van der Waals surface area (Å²) in [4.78, 5) is 12.3. The summed E-state index contributed by atoms with van der Waals surface area (Å²) in [5, 5.41) is 16.5. The van der Waals surface area contributed by atoms with Gasteiger partial charge in [-0.3, -0.25) is 4.79 Å². The fourth-order valence-electron chi connectivity index (χ4n) is 4.50. The fourth-order valence-corrected chi connectivity index (χ4v) is 4.50. The van der Waals surface area contributed by atoms with E-state index in [1.165, 1.54) is 19.3 Å². The van der Waals surface area contributed by atoms with E-state index in [0.717, 1.165) is 38.5 Å². The predicted octanol–water partition coefficient (Wildman–Crippen LogP) is 1.72. The van der Waals surface area contributed by atoms with Crippen molar-refractivity contribution < 1.29 is 9.90 Å². The van der Waals surface area contributed by atoms with E-state index in [-0.39, 0.29) is 18.1 Å². The average Bonchev–Trinajstić information content (AvgIpc) is 2.79. The minimum atomic E-state index is -0.318. The molecule has 1 saturated carbocycles. The molecule has 3 rings (SSSR count). The summed E-state index contributed by atoms with van der Waals surface area (Å²) in [6.45, 7) is 0.0935. The Bertz CT molecular complexity index is 340. The molecule has 4 nitrogen and oxygen atoms in total. The van der Waals surface area contributed by atoms with Gasteiger partial charge in [-0.1, -0.05) is 19.3 Å². The lowest BCUT2D eigenvalue weighted by Gasteiger charge is -2.37. The molecule has 1 amide bonds. The largest absolute Gasteiger partial charge is 0.394 e. The van der Waals surface area contributed by atoms with E-state index < -0.39 is 0 Å². The normalized spacial score (nSPS) is 35.8. The summed E-state index contributed by atoms with van der Waals surface area (Å²) < 4.78 is 0. The van der Waals surface area contributed by atoms with Gasteiger partial charge in [0, 0.05) is 18.5 Å². The van der Waals surface area contributed by atoms with Crippen molar-refractivity contribution in [3.8, 4) is 0 Å². The number of nitrogens with one attached hydrogen (secondary N) is 2. The van der Waals surface area contributed by atoms with Gasteiger partial charge in [0.15, 0.2) is 0 Å². The van der Waals surface area contributed by atoms with Crippen molar-refractivity contribution in [1.29, 1.82) is 0 Å². The van der Waals surface area contributed by atoms with Crippen molar-refractivity contribution in [3.63, 3.8) is 0 Å². The first-order valence-corrected chi connectivity index (χ1v) is 8.37. The van der Waals surface area contributed by atoms with Crippen molar-refractivity contribution >= 4 is 5.91 Å². The van der Waals surface area contributed by atoms with Gasteiger partial charge >= 0.3 is 0 Å². The highest BCUT2D eigenvalue weighted by Gasteiger charge is 2.36. The smallest absolute Gasteiger partial charge is 0.220 e. The van der Waals surface area contributed by atoms with Crippen LogP contribution in [0.3, 0.4) is 0 Å². The van der Waals surface area contributed by atoms with Crippen molar-refractivity contribution in [3.05, 3.63) is 0 Å². The Hall–Kier alpha value is -0.610. The second-order valence-electron chi connectivity index (χ2n) is 7.23. The highest BCUT2D eigenvalue weighted by Crippen LogP contribution is 2.33. The standard InChI is InChI=1S/C16H28N2O2/c19-11-16(6-2-1-3-7-16)18-15(20)10-12-8-13-4-5-14(9-12)17-13/h12-14,17,19H,1-11H2,(H,18,20).